The van der Waals surface area contributed by atoms with Gasteiger partial charge in [0.15, 0.2) is 0 Å². The van der Waals surface area contributed by atoms with Crippen LogP contribution < -0.4 is 4.90 Å². The smallest absolute Gasteiger partial charge is 0.321 e. The van der Waals surface area contributed by atoms with E-state index in [0.29, 0.717) is 24.9 Å². The van der Waals surface area contributed by atoms with Crippen molar-refractivity contribution in [3.8, 4) is 11.3 Å². The lowest BCUT2D eigenvalue weighted by molar-refractivity contribution is -0.142. The summed E-state index contributed by atoms with van der Waals surface area (Å²) in [5.41, 5.74) is 6.95. The third-order valence-corrected chi connectivity index (χ3v) is 8.77. The molecule has 0 radical (unpaired) electrons. The Hall–Kier alpha value is -3.48. The lowest BCUT2D eigenvalue weighted by Crippen LogP contribution is -2.39. The van der Waals surface area contributed by atoms with Crippen molar-refractivity contribution < 1.29 is 9.90 Å². The van der Waals surface area contributed by atoms with E-state index in [1.807, 2.05) is 42.3 Å². The molecule has 1 N–H and O–H groups in total. The van der Waals surface area contributed by atoms with Crippen LogP contribution >= 0.6 is 11.3 Å². The highest BCUT2D eigenvalue weighted by Crippen LogP contribution is 2.28. The van der Waals surface area contributed by atoms with Crippen molar-refractivity contribution in [2.45, 2.75) is 78.0 Å². The Labute approximate surface area is 249 Å². The average molecular weight is 570 g/mol. The quantitative estimate of drug-likeness (QED) is 0.166. The van der Waals surface area contributed by atoms with Gasteiger partial charge in [-0.05, 0) is 74.9 Å². The minimum atomic E-state index is -0.818. The number of nitrogens with zero attached hydrogens (tertiary/aromatic N) is 3. The molecule has 0 aliphatic rings. The maximum Gasteiger partial charge on any atom is 0.321 e. The van der Waals surface area contributed by atoms with E-state index < -0.39 is 12.0 Å². The van der Waals surface area contributed by atoms with Gasteiger partial charge in [-0.25, -0.2) is 4.98 Å². The number of hydrogen-bond acceptors (Lipinski definition) is 5. The number of benzene rings is 3. The van der Waals surface area contributed by atoms with E-state index in [1.54, 1.807) is 11.3 Å². The highest BCUT2D eigenvalue weighted by Gasteiger charge is 2.24. The fraction of sp³-hybridized carbons (Fsp3) is 0.371. The predicted octanol–water partition coefficient (Wildman–Crippen LogP) is 8.26. The molecule has 0 unspecified atom stereocenters. The summed E-state index contributed by atoms with van der Waals surface area (Å²) in [5, 5.41) is 12.8. The second-order valence-electron chi connectivity index (χ2n) is 11.1. The summed E-state index contributed by atoms with van der Waals surface area (Å²) in [7, 11) is 1.86. The molecule has 1 aromatic heterocycles. The minimum absolute atomic E-state index is 0.378. The van der Waals surface area contributed by atoms with Crippen LogP contribution in [0.25, 0.3) is 11.3 Å². The number of likely N-dealkylation sites (N-methyl/N-ethyl adjacent to an activating group) is 1. The molecule has 5 nitrogen and oxygen atoms in total. The Morgan fingerprint density at radius 1 is 0.878 bits per heavy atom. The highest BCUT2D eigenvalue weighted by molar-refractivity contribution is 7.09. The first-order valence-corrected chi connectivity index (χ1v) is 15.5. The molecule has 6 heteroatoms. The zero-order valence-electron chi connectivity index (χ0n) is 25.0. The zero-order valence-corrected chi connectivity index (χ0v) is 25.8. The summed E-state index contributed by atoms with van der Waals surface area (Å²) >= 11 is 1.58. The van der Waals surface area contributed by atoms with Crippen LogP contribution in [0.2, 0.25) is 0 Å². The first-order chi connectivity index (χ1) is 19.8. The van der Waals surface area contributed by atoms with E-state index in [9.17, 15) is 9.90 Å². The van der Waals surface area contributed by atoms with E-state index in [4.69, 9.17) is 4.98 Å². The fourth-order valence-corrected chi connectivity index (χ4v) is 6.22. The molecule has 0 saturated carbocycles. The molecule has 0 amide bonds. The van der Waals surface area contributed by atoms with E-state index in [0.717, 1.165) is 28.4 Å². The molecule has 1 heterocycles. The summed E-state index contributed by atoms with van der Waals surface area (Å²) in [6.45, 7) is 10.3. The van der Waals surface area contributed by atoms with Gasteiger partial charge < -0.3 is 10.0 Å². The number of aliphatic carboxylic acids is 1. The van der Waals surface area contributed by atoms with Gasteiger partial charge in [0, 0.05) is 29.2 Å². The molecule has 0 aliphatic heterocycles. The van der Waals surface area contributed by atoms with Crippen LogP contribution in [0.5, 0.6) is 0 Å². The Kier molecular flexibility index (Phi) is 10.7. The number of rotatable bonds is 14. The Bertz CT molecular complexity index is 1360. The summed E-state index contributed by atoms with van der Waals surface area (Å²) in [4.78, 5) is 21.2. The van der Waals surface area contributed by atoms with Crippen molar-refractivity contribution in [1.29, 1.82) is 0 Å². The van der Waals surface area contributed by atoms with Gasteiger partial charge in [-0.1, -0.05) is 80.6 Å². The summed E-state index contributed by atoms with van der Waals surface area (Å²) in [5.74, 6) is -0.190. The van der Waals surface area contributed by atoms with Crippen molar-refractivity contribution in [1.82, 2.24) is 9.88 Å². The van der Waals surface area contributed by atoms with E-state index >= 15 is 0 Å². The lowest BCUT2D eigenvalue weighted by atomic mass is 9.94. The molecule has 0 fully saturated rings. The van der Waals surface area contributed by atoms with Gasteiger partial charge in [-0.3, -0.25) is 9.69 Å². The number of aromatic nitrogens is 1. The summed E-state index contributed by atoms with van der Waals surface area (Å²) in [6.07, 6.45) is 2.80. The number of carboxylic acid groups (broad SMARTS) is 1. The number of carboxylic acids is 1. The normalized spacial score (nSPS) is 12.3. The Morgan fingerprint density at radius 3 is 2.12 bits per heavy atom. The highest BCUT2D eigenvalue weighted by atomic mass is 32.1. The number of carbonyl (C=O) groups is 1. The molecular weight excluding hydrogens is 526 g/mol. The van der Waals surface area contributed by atoms with Gasteiger partial charge in [0.05, 0.1) is 12.2 Å². The van der Waals surface area contributed by atoms with Crippen molar-refractivity contribution in [2.75, 3.05) is 11.9 Å². The molecule has 3 aromatic carbocycles. The second-order valence-corrected chi connectivity index (χ2v) is 12.1. The maximum absolute atomic E-state index is 12.0. The van der Waals surface area contributed by atoms with Crippen LogP contribution in [-0.4, -0.2) is 40.1 Å². The van der Waals surface area contributed by atoms with Crippen LogP contribution in [-0.2, 0) is 24.3 Å². The number of thiazole rings is 1. The van der Waals surface area contributed by atoms with Crippen LogP contribution in [0.3, 0.4) is 0 Å². The van der Waals surface area contributed by atoms with Gasteiger partial charge in [0.25, 0.3) is 0 Å². The Balaban J connectivity index is 1.41. The summed E-state index contributed by atoms with van der Waals surface area (Å²) in [6, 6.07) is 27.3. The zero-order chi connectivity index (χ0) is 29.4. The fourth-order valence-electron chi connectivity index (χ4n) is 5.36. The topological polar surface area (TPSA) is 56.7 Å². The van der Waals surface area contributed by atoms with Crippen LogP contribution in [0.15, 0.2) is 84.2 Å². The van der Waals surface area contributed by atoms with Crippen LogP contribution in [0, 0.1) is 0 Å². The first kappa shape index (κ1) is 30.5. The molecule has 41 heavy (non-hydrogen) atoms. The SMILES string of the molecule is CCC(CC)c1ccc(N(Cc2ccc(-c3csc(CN(C)[C@@H](Cc4ccccc4)C(=O)O)n3)cc2)C(C)C)cc1. The first-order valence-electron chi connectivity index (χ1n) is 14.7. The van der Waals surface area contributed by atoms with E-state index in [-0.39, 0.29) is 0 Å². The molecule has 1 atom stereocenters. The monoisotopic (exact) mass is 569 g/mol. The lowest BCUT2D eigenvalue weighted by Gasteiger charge is -2.30. The van der Waals surface area contributed by atoms with Gasteiger partial charge in [-0.2, -0.15) is 0 Å². The van der Waals surface area contributed by atoms with E-state index in [1.165, 1.54) is 29.7 Å². The number of anilines is 1. The molecule has 0 saturated heterocycles. The van der Waals surface area contributed by atoms with Gasteiger partial charge >= 0.3 is 5.97 Å². The molecule has 4 aromatic rings. The third kappa shape index (κ3) is 8.05. The minimum Gasteiger partial charge on any atom is -0.480 e. The van der Waals surface area contributed by atoms with Crippen molar-refractivity contribution >= 4 is 23.0 Å². The largest absolute Gasteiger partial charge is 0.480 e. The third-order valence-electron chi connectivity index (χ3n) is 7.93. The standard InChI is InChI=1S/C35H43N3O2S/c1-6-28(7-2)29-17-19-31(20-18-29)38(25(3)4)22-27-13-15-30(16-14-27)32-24-41-34(36-32)23-37(5)33(35(39)40)21-26-11-9-8-10-12-26/h8-20,24-25,28,33H,6-7,21-23H2,1-5H3,(H,39,40)/t33-/m0/s1. The van der Waals surface area contributed by atoms with Crippen LogP contribution in [0.1, 0.15) is 68.2 Å². The van der Waals surface area contributed by atoms with Gasteiger partial charge in [0.2, 0.25) is 0 Å². The maximum atomic E-state index is 12.0. The molecule has 0 spiro atoms. The predicted molar refractivity (Wildman–Crippen MR) is 172 cm³/mol. The molecule has 4 rings (SSSR count). The van der Waals surface area contributed by atoms with Crippen molar-refractivity contribution in [3.63, 3.8) is 0 Å². The van der Waals surface area contributed by atoms with Gasteiger partial charge in [0.1, 0.15) is 11.0 Å². The summed E-state index contributed by atoms with van der Waals surface area (Å²) < 4.78 is 0. The van der Waals surface area contributed by atoms with Gasteiger partial charge in [-0.15, -0.1) is 11.3 Å². The molecule has 216 valence electrons. The number of hydrogen-bond donors (Lipinski definition) is 1. The van der Waals surface area contributed by atoms with Crippen LogP contribution in [0.4, 0.5) is 5.69 Å². The molecule has 0 aliphatic carbocycles. The van der Waals surface area contributed by atoms with Crippen molar-refractivity contribution in [2.24, 2.45) is 0 Å². The Morgan fingerprint density at radius 2 is 1.54 bits per heavy atom. The molecule has 0 bridgehead atoms. The second kappa shape index (κ2) is 14.4. The average Bonchev–Trinajstić information content (AvgIpc) is 3.44. The van der Waals surface area contributed by atoms with E-state index in [2.05, 4.69) is 86.5 Å². The molecular formula is C35H43N3O2S. The van der Waals surface area contributed by atoms with Crippen molar-refractivity contribution in [3.05, 3.63) is 106 Å².